The number of imidazole rings is 1. The molecule has 2 aromatic heterocycles. The topological polar surface area (TPSA) is 54.5 Å². The van der Waals surface area contributed by atoms with E-state index in [1.54, 1.807) is 6.33 Å². The first kappa shape index (κ1) is 8.35. The molecule has 0 aliphatic rings. The molecule has 0 atom stereocenters. The molecule has 1 N–H and O–H groups in total. The highest BCUT2D eigenvalue weighted by Gasteiger charge is 2.06. The van der Waals surface area contributed by atoms with Crippen molar-refractivity contribution in [3.63, 3.8) is 0 Å². The van der Waals surface area contributed by atoms with E-state index in [0.717, 1.165) is 33.5 Å². The maximum absolute atomic E-state index is 4.54. The van der Waals surface area contributed by atoms with Gasteiger partial charge in [-0.25, -0.2) is 15.0 Å². The number of nitrogens with one attached hydrogen (secondary N) is 1. The first-order valence-corrected chi connectivity index (χ1v) is 4.83. The lowest BCUT2D eigenvalue weighted by Crippen LogP contribution is -1.93. The van der Waals surface area contributed by atoms with E-state index in [4.69, 9.17) is 0 Å². The van der Waals surface area contributed by atoms with Crippen LogP contribution in [-0.4, -0.2) is 19.9 Å². The summed E-state index contributed by atoms with van der Waals surface area (Å²) < 4.78 is 0. The number of aryl methyl sites for hydroxylation is 2. The molecule has 0 spiro atoms. The minimum Gasteiger partial charge on any atom is -0.343 e. The van der Waals surface area contributed by atoms with Gasteiger partial charge in [0, 0.05) is 0 Å². The second kappa shape index (κ2) is 2.76. The number of hydrogen-bond acceptors (Lipinski definition) is 3. The molecule has 0 fully saturated rings. The van der Waals surface area contributed by atoms with E-state index >= 15 is 0 Å². The minimum atomic E-state index is 0.896. The lowest BCUT2D eigenvalue weighted by Gasteiger charge is -2.02. The van der Waals surface area contributed by atoms with Gasteiger partial charge in [0.15, 0.2) is 0 Å². The van der Waals surface area contributed by atoms with E-state index in [2.05, 4.69) is 19.9 Å². The molecule has 4 nitrogen and oxygen atoms in total. The lowest BCUT2D eigenvalue weighted by molar-refractivity contribution is 1.10. The van der Waals surface area contributed by atoms with Gasteiger partial charge in [-0.1, -0.05) is 0 Å². The van der Waals surface area contributed by atoms with Gasteiger partial charge in [-0.2, -0.15) is 0 Å². The quantitative estimate of drug-likeness (QED) is 0.602. The van der Waals surface area contributed by atoms with Crippen LogP contribution >= 0.6 is 0 Å². The predicted molar refractivity (Wildman–Crippen MR) is 58.7 cm³/mol. The number of rotatable bonds is 0. The molecule has 3 aromatic rings. The van der Waals surface area contributed by atoms with Gasteiger partial charge >= 0.3 is 0 Å². The first-order valence-electron chi connectivity index (χ1n) is 4.83. The molecule has 0 aliphatic heterocycles. The maximum Gasteiger partial charge on any atom is 0.115 e. The summed E-state index contributed by atoms with van der Waals surface area (Å²) >= 11 is 0. The van der Waals surface area contributed by atoms with Crippen molar-refractivity contribution in [1.29, 1.82) is 0 Å². The highest BCUT2D eigenvalue weighted by molar-refractivity contribution is 5.99. The molecule has 0 unspecified atom stereocenters. The number of hydrogen-bond donors (Lipinski definition) is 1. The number of nitrogens with zero attached hydrogens (tertiary/aromatic N) is 3. The van der Waals surface area contributed by atoms with Crippen LogP contribution in [0.1, 0.15) is 11.4 Å². The van der Waals surface area contributed by atoms with Crippen LogP contribution in [0, 0.1) is 13.8 Å². The Morgan fingerprint density at radius 3 is 2.60 bits per heavy atom. The van der Waals surface area contributed by atoms with Crippen molar-refractivity contribution in [2.45, 2.75) is 13.8 Å². The third-order valence-corrected chi connectivity index (χ3v) is 2.64. The zero-order valence-electron chi connectivity index (χ0n) is 8.57. The highest BCUT2D eigenvalue weighted by atomic mass is 14.9. The highest BCUT2D eigenvalue weighted by Crippen LogP contribution is 2.20. The Hall–Kier alpha value is -1.97. The van der Waals surface area contributed by atoms with Gasteiger partial charge in [0.25, 0.3) is 0 Å². The standard InChI is InChI=1S/C11H10N4/c1-6-7(2)15-11-9(14-6)4-3-8-10(11)13-5-12-8/h3-5H,1-2H3,(H,12,13). The summed E-state index contributed by atoms with van der Waals surface area (Å²) in [5.41, 5.74) is 5.64. The Kier molecular flexibility index (Phi) is 1.54. The molecule has 3 rings (SSSR count). The third-order valence-electron chi connectivity index (χ3n) is 2.64. The summed E-state index contributed by atoms with van der Waals surface area (Å²) in [6.45, 7) is 3.94. The average molecular weight is 198 g/mol. The molecular weight excluding hydrogens is 188 g/mol. The number of fused-ring (bicyclic) bond motifs is 3. The van der Waals surface area contributed by atoms with Crippen LogP contribution in [0.3, 0.4) is 0 Å². The van der Waals surface area contributed by atoms with Crippen LogP contribution in [0.25, 0.3) is 22.1 Å². The maximum atomic E-state index is 4.54. The van der Waals surface area contributed by atoms with Crippen LogP contribution in [-0.2, 0) is 0 Å². The van der Waals surface area contributed by atoms with Crippen molar-refractivity contribution < 1.29 is 0 Å². The smallest absolute Gasteiger partial charge is 0.115 e. The Labute approximate surface area is 86.4 Å². The fourth-order valence-corrected chi connectivity index (χ4v) is 1.70. The van der Waals surface area contributed by atoms with Gasteiger partial charge in [-0.05, 0) is 26.0 Å². The summed E-state index contributed by atoms with van der Waals surface area (Å²) in [7, 11) is 0. The van der Waals surface area contributed by atoms with Crippen LogP contribution in [0.5, 0.6) is 0 Å². The summed E-state index contributed by atoms with van der Waals surface area (Å²) in [5.74, 6) is 0. The summed E-state index contributed by atoms with van der Waals surface area (Å²) in [6.07, 6.45) is 1.68. The van der Waals surface area contributed by atoms with Gasteiger partial charge in [-0.15, -0.1) is 0 Å². The molecule has 74 valence electrons. The molecule has 0 radical (unpaired) electrons. The van der Waals surface area contributed by atoms with Crippen LogP contribution in [0.4, 0.5) is 0 Å². The molecule has 1 aromatic carbocycles. The second-order valence-electron chi connectivity index (χ2n) is 3.62. The van der Waals surface area contributed by atoms with Gasteiger partial charge in [0.05, 0.1) is 34.3 Å². The fraction of sp³-hybridized carbons (Fsp3) is 0.182. The SMILES string of the molecule is Cc1nc2ccc3nc[nH]c3c2nc1C. The van der Waals surface area contributed by atoms with Gasteiger partial charge in [-0.3, -0.25) is 0 Å². The Balaban J connectivity index is 2.57. The van der Waals surface area contributed by atoms with Crippen molar-refractivity contribution in [3.05, 3.63) is 29.8 Å². The Morgan fingerprint density at radius 2 is 1.73 bits per heavy atom. The van der Waals surface area contributed by atoms with E-state index < -0.39 is 0 Å². The molecular formula is C11H10N4. The molecule has 2 heterocycles. The third kappa shape index (κ3) is 1.11. The van der Waals surface area contributed by atoms with Crippen molar-refractivity contribution in [3.8, 4) is 0 Å². The predicted octanol–water partition coefficient (Wildman–Crippen LogP) is 2.12. The summed E-state index contributed by atoms with van der Waals surface area (Å²) in [6, 6.07) is 3.91. The van der Waals surface area contributed by atoms with Gasteiger partial charge < -0.3 is 4.98 Å². The van der Waals surface area contributed by atoms with E-state index in [9.17, 15) is 0 Å². The number of benzene rings is 1. The van der Waals surface area contributed by atoms with E-state index in [1.165, 1.54) is 0 Å². The van der Waals surface area contributed by atoms with E-state index in [0.29, 0.717) is 0 Å². The van der Waals surface area contributed by atoms with Crippen molar-refractivity contribution in [1.82, 2.24) is 19.9 Å². The molecule has 15 heavy (non-hydrogen) atoms. The van der Waals surface area contributed by atoms with Crippen LogP contribution in [0.15, 0.2) is 18.5 Å². The van der Waals surface area contributed by atoms with Crippen LogP contribution in [0.2, 0.25) is 0 Å². The zero-order valence-corrected chi connectivity index (χ0v) is 8.57. The minimum absolute atomic E-state index is 0.896. The molecule has 0 amide bonds. The van der Waals surface area contributed by atoms with Crippen molar-refractivity contribution in [2.24, 2.45) is 0 Å². The first-order chi connectivity index (χ1) is 7.25. The Bertz CT molecular complexity index is 654. The zero-order chi connectivity index (χ0) is 10.4. The fourth-order valence-electron chi connectivity index (χ4n) is 1.70. The normalized spacial score (nSPS) is 11.3. The largest absolute Gasteiger partial charge is 0.343 e. The van der Waals surface area contributed by atoms with E-state index in [1.807, 2.05) is 26.0 Å². The molecule has 0 bridgehead atoms. The van der Waals surface area contributed by atoms with Gasteiger partial charge in [0.2, 0.25) is 0 Å². The monoisotopic (exact) mass is 198 g/mol. The van der Waals surface area contributed by atoms with E-state index in [-0.39, 0.29) is 0 Å². The second-order valence-corrected chi connectivity index (χ2v) is 3.62. The molecule has 0 saturated heterocycles. The average Bonchev–Trinajstić information content (AvgIpc) is 2.68. The van der Waals surface area contributed by atoms with Crippen molar-refractivity contribution in [2.75, 3.05) is 0 Å². The van der Waals surface area contributed by atoms with Crippen LogP contribution < -0.4 is 0 Å². The number of H-pyrrole nitrogens is 1. The number of aromatic nitrogens is 4. The summed E-state index contributed by atoms with van der Waals surface area (Å²) in [5, 5.41) is 0. The molecule has 0 aliphatic carbocycles. The lowest BCUT2D eigenvalue weighted by atomic mass is 10.2. The molecule has 0 saturated carbocycles. The molecule has 4 heteroatoms. The Morgan fingerprint density at radius 1 is 1.00 bits per heavy atom. The summed E-state index contributed by atoms with van der Waals surface area (Å²) in [4.78, 5) is 16.3. The number of aromatic amines is 1. The van der Waals surface area contributed by atoms with Gasteiger partial charge in [0.1, 0.15) is 5.52 Å². The van der Waals surface area contributed by atoms with Crippen molar-refractivity contribution >= 4 is 22.1 Å².